The molecular formula is C12H13N3OS. The van der Waals surface area contributed by atoms with Crippen molar-refractivity contribution in [3.8, 4) is 5.75 Å². The highest BCUT2D eigenvalue weighted by atomic mass is 32.1. The van der Waals surface area contributed by atoms with Gasteiger partial charge < -0.3 is 10.1 Å². The van der Waals surface area contributed by atoms with Gasteiger partial charge >= 0.3 is 0 Å². The van der Waals surface area contributed by atoms with Crippen LogP contribution in [0.4, 0.5) is 5.69 Å². The number of anilines is 1. The number of hydrogen-bond acceptors (Lipinski definition) is 3. The van der Waals surface area contributed by atoms with E-state index in [1.807, 2.05) is 37.4 Å². The van der Waals surface area contributed by atoms with Gasteiger partial charge in [-0.1, -0.05) is 0 Å². The number of aryl methyl sites for hydroxylation is 1. The normalized spacial score (nSPS) is 10.0. The molecule has 2 rings (SSSR count). The molecule has 1 aromatic carbocycles. The lowest BCUT2D eigenvalue weighted by molar-refractivity contribution is 0.415. The van der Waals surface area contributed by atoms with Gasteiger partial charge in [0, 0.05) is 11.9 Å². The summed E-state index contributed by atoms with van der Waals surface area (Å²) in [6.45, 7) is 1.97. The Labute approximate surface area is 105 Å². The predicted molar refractivity (Wildman–Crippen MR) is 71.6 cm³/mol. The van der Waals surface area contributed by atoms with Crippen LogP contribution < -0.4 is 10.1 Å². The van der Waals surface area contributed by atoms with Crippen LogP contribution in [0.5, 0.6) is 5.75 Å². The van der Waals surface area contributed by atoms with Gasteiger partial charge in [-0.05, 0) is 49.0 Å². The molecule has 4 nitrogen and oxygen atoms in total. The Morgan fingerprint density at radius 2 is 2.06 bits per heavy atom. The molecule has 5 heteroatoms. The highest BCUT2D eigenvalue weighted by molar-refractivity contribution is 7.80. The first-order valence-corrected chi connectivity index (χ1v) is 5.56. The van der Waals surface area contributed by atoms with Gasteiger partial charge in [0.2, 0.25) is 0 Å². The van der Waals surface area contributed by atoms with E-state index in [0.29, 0.717) is 5.11 Å². The fourth-order valence-electron chi connectivity index (χ4n) is 1.38. The minimum atomic E-state index is 0.545. The third kappa shape index (κ3) is 2.82. The minimum Gasteiger partial charge on any atom is -0.497 e. The highest BCUT2D eigenvalue weighted by Crippen LogP contribution is 2.15. The lowest BCUT2D eigenvalue weighted by atomic mass is 10.3. The van der Waals surface area contributed by atoms with Crippen LogP contribution >= 0.6 is 12.2 Å². The van der Waals surface area contributed by atoms with Crippen LogP contribution in [0.3, 0.4) is 0 Å². The van der Waals surface area contributed by atoms with Gasteiger partial charge in [-0.15, -0.1) is 0 Å². The molecule has 0 atom stereocenters. The third-order valence-electron chi connectivity index (χ3n) is 2.26. The molecule has 88 valence electrons. The van der Waals surface area contributed by atoms with E-state index in [0.717, 1.165) is 17.0 Å². The van der Waals surface area contributed by atoms with Crippen LogP contribution in [-0.2, 0) is 0 Å². The number of nitrogens with zero attached hydrogens (tertiary/aromatic N) is 2. The molecule has 0 saturated carbocycles. The van der Waals surface area contributed by atoms with Crippen LogP contribution in [0.1, 0.15) is 5.56 Å². The van der Waals surface area contributed by atoms with Crippen LogP contribution in [0.15, 0.2) is 36.7 Å². The lowest BCUT2D eigenvalue weighted by Crippen LogP contribution is -2.19. The van der Waals surface area contributed by atoms with Crippen molar-refractivity contribution in [3.63, 3.8) is 0 Å². The zero-order chi connectivity index (χ0) is 12.3. The maximum absolute atomic E-state index is 5.24. The van der Waals surface area contributed by atoms with Crippen molar-refractivity contribution in [1.82, 2.24) is 9.78 Å². The summed E-state index contributed by atoms with van der Waals surface area (Å²) in [6, 6.07) is 7.56. The Morgan fingerprint density at radius 3 is 2.59 bits per heavy atom. The van der Waals surface area contributed by atoms with Crippen molar-refractivity contribution in [3.05, 3.63) is 42.2 Å². The maximum atomic E-state index is 5.24. The average Bonchev–Trinajstić information content (AvgIpc) is 2.77. The van der Waals surface area contributed by atoms with Gasteiger partial charge in [-0.2, -0.15) is 5.10 Å². The van der Waals surface area contributed by atoms with Gasteiger partial charge in [0.15, 0.2) is 5.11 Å². The molecule has 0 saturated heterocycles. The molecule has 0 fully saturated rings. The van der Waals surface area contributed by atoms with Gasteiger partial charge in [0.1, 0.15) is 5.75 Å². The average molecular weight is 247 g/mol. The zero-order valence-corrected chi connectivity index (χ0v) is 10.5. The van der Waals surface area contributed by atoms with Crippen molar-refractivity contribution < 1.29 is 4.74 Å². The van der Waals surface area contributed by atoms with Crippen molar-refractivity contribution >= 4 is 23.0 Å². The number of methoxy groups -OCH3 is 1. The summed E-state index contributed by atoms with van der Waals surface area (Å²) in [6.07, 6.45) is 3.64. The Kier molecular flexibility index (Phi) is 3.39. The summed E-state index contributed by atoms with van der Waals surface area (Å²) in [4.78, 5) is 0. The number of benzene rings is 1. The molecule has 0 unspecified atom stereocenters. The van der Waals surface area contributed by atoms with E-state index >= 15 is 0 Å². The van der Waals surface area contributed by atoms with Gasteiger partial charge in [-0.3, -0.25) is 0 Å². The summed E-state index contributed by atoms with van der Waals surface area (Å²) < 4.78 is 6.72. The van der Waals surface area contributed by atoms with E-state index in [9.17, 15) is 0 Å². The second-order valence-corrected chi connectivity index (χ2v) is 4.01. The van der Waals surface area contributed by atoms with E-state index in [1.165, 1.54) is 0 Å². The first kappa shape index (κ1) is 11.6. The Hall–Kier alpha value is -1.88. The zero-order valence-electron chi connectivity index (χ0n) is 9.68. The van der Waals surface area contributed by atoms with Gasteiger partial charge in [-0.25, -0.2) is 4.68 Å². The topological polar surface area (TPSA) is 39.1 Å². The van der Waals surface area contributed by atoms with E-state index < -0.39 is 0 Å². The predicted octanol–water partition coefficient (Wildman–Crippen LogP) is 2.45. The van der Waals surface area contributed by atoms with Crippen LogP contribution in [0.2, 0.25) is 0 Å². The molecule has 1 heterocycles. The first-order valence-electron chi connectivity index (χ1n) is 5.16. The SMILES string of the molecule is COc1ccc(NC(=S)n2cc(C)cn2)cc1. The van der Waals surface area contributed by atoms with Crippen molar-refractivity contribution in [2.24, 2.45) is 0 Å². The van der Waals surface area contributed by atoms with Crippen molar-refractivity contribution in [2.45, 2.75) is 6.92 Å². The van der Waals surface area contributed by atoms with E-state index in [1.54, 1.807) is 18.0 Å². The van der Waals surface area contributed by atoms with Crippen molar-refractivity contribution in [2.75, 3.05) is 12.4 Å². The maximum Gasteiger partial charge on any atom is 0.198 e. The second-order valence-electron chi connectivity index (χ2n) is 3.62. The summed E-state index contributed by atoms with van der Waals surface area (Å²) in [5.74, 6) is 0.816. The molecule has 17 heavy (non-hydrogen) atoms. The summed E-state index contributed by atoms with van der Waals surface area (Å²) >= 11 is 5.24. The fraction of sp³-hybridized carbons (Fsp3) is 0.167. The number of rotatable bonds is 2. The number of thiocarbonyl (C=S) groups is 1. The van der Waals surface area contributed by atoms with Crippen LogP contribution in [0.25, 0.3) is 0 Å². The molecule has 1 N–H and O–H groups in total. The fourth-order valence-corrected chi connectivity index (χ4v) is 1.60. The molecule has 0 aliphatic rings. The Balaban J connectivity index is 2.07. The smallest absolute Gasteiger partial charge is 0.198 e. The molecule has 0 amide bonds. The molecule has 1 aromatic heterocycles. The highest BCUT2D eigenvalue weighted by Gasteiger charge is 2.02. The molecule has 2 aromatic rings. The number of hydrogen-bond donors (Lipinski definition) is 1. The largest absolute Gasteiger partial charge is 0.497 e. The molecule has 0 spiro atoms. The second kappa shape index (κ2) is 4.97. The standard InChI is InChI=1S/C12H13N3OS/c1-9-7-13-15(8-9)12(17)14-10-3-5-11(16-2)6-4-10/h3-8H,1-2H3,(H,14,17). The first-order chi connectivity index (χ1) is 8.19. The molecular weight excluding hydrogens is 234 g/mol. The van der Waals surface area contributed by atoms with Gasteiger partial charge in [0.25, 0.3) is 0 Å². The number of nitrogens with one attached hydrogen (secondary N) is 1. The Bertz CT molecular complexity index is 519. The number of aromatic nitrogens is 2. The summed E-state index contributed by atoms with van der Waals surface area (Å²) in [5.41, 5.74) is 1.98. The summed E-state index contributed by atoms with van der Waals surface area (Å²) in [7, 11) is 1.64. The molecule has 0 bridgehead atoms. The van der Waals surface area contributed by atoms with E-state index in [2.05, 4.69) is 10.4 Å². The van der Waals surface area contributed by atoms with Crippen LogP contribution in [0, 0.1) is 6.92 Å². The monoisotopic (exact) mass is 247 g/mol. The van der Waals surface area contributed by atoms with E-state index in [-0.39, 0.29) is 0 Å². The van der Waals surface area contributed by atoms with Crippen molar-refractivity contribution in [1.29, 1.82) is 0 Å². The lowest BCUT2D eigenvalue weighted by Gasteiger charge is -2.08. The van der Waals surface area contributed by atoms with E-state index in [4.69, 9.17) is 17.0 Å². The Morgan fingerprint density at radius 1 is 1.35 bits per heavy atom. The summed E-state index contributed by atoms with van der Waals surface area (Å²) in [5, 5.41) is 7.78. The quantitative estimate of drug-likeness (QED) is 0.827. The van der Waals surface area contributed by atoms with Crippen LogP contribution in [-0.4, -0.2) is 22.0 Å². The third-order valence-corrected chi connectivity index (χ3v) is 2.55. The molecule has 0 aliphatic carbocycles. The molecule has 0 radical (unpaired) electrons. The molecule has 0 aliphatic heterocycles. The number of ether oxygens (including phenoxy) is 1. The van der Waals surface area contributed by atoms with Gasteiger partial charge in [0.05, 0.1) is 13.3 Å². The minimum absolute atomic E-state index is 0.545.